The van der Waals surface area contributed by atoms with Gasteiger partial charge in [-0.1, -0.05) is 0 Å². The van der Waals surface area contributed by atoms with E-state index in [1.165, 1.54) is 16.7 Å². The van der Waals surface area contributed by atoms with Crippen LogP contribution in [0.1, 0.15) is 31.1 Å². The molecule has 0 spiro atoms. The van der Waals surface area contributed by atoms with Crippen LogP contribution in [0.2, 0.25) is 0 Å². The summed E-state index contributed by atoms with van der Waals surface area (Å²) in [7, 11) is 0. The highest BCUT2D eigenvalue weighted by Gasteiger charge is 2.70. The first kappa shape index (κ1) is 16.6. The monoisotopic (exact) mass is 349 g/mol. The molecule has 3 rings (SSSR count). The lowest BCUT2D eigenvalue weighted by atomic mass is 9.86. The highest BCUT2D eigenvalue weighted by atomic mass is 32.2. The van der Waals surface area contributed by atoms with Crippen LogP contribution < -0.4 is 11.1 Å². The number of carboxylic acids is 1. The molecule has 0 bridgehead atoms. The minimum Gasteiger partial charge on any atom is -0.480 e. The number of hydrogen-bond donors (Lipinski definition) is 3. The number of rotatable bonds is 3. The standard InChI is InChI=1S/C16H19N3O4S/c1-15(2)10(12(21)22)19-13(23)16(3,14(19)24-15)18-11(20)8-4-6-9(17)7-5-8/h4-7,10,14H,17H2,1-3H3,(H,18,20)(H,21,22)/t10-,14+,16?/m0/s1. The summed E-state index contributed by atoms with van der Waals surface area (Å²) in [5.41, 5.74) is 5.42. The topological polar surface area (TPSA) is 113 Å². The predicted octanol–water partition coefficient (Wildman–Crippen LogP) is 0.904. The van der Waals surface area contributed by atoms with Crippen LogP contribution >= 0.6 is 11.8 Å². The molecule has 2 aliphatic rings. The van der Waals surface area contributed by atoms with Gasteiger partial charge in [0, 0.05) is 16.0 Å². The number of nitrogens with one attached hydrogen (secondary N) is 1. The van der Waals surface area contributed by atoms with Gasteiger partial charge in [-0.2, -0.15) is 0 Å². The third kappa shape index (κ3) is 2.24. The zero-order valence-electron chi connectivity index (χ0n) is 13.6. The first-order valence-electron chi connectivity index (χ1n) is 7.49. The Labute approximate surface area is 143 Å². The molecule has 2 fully saturated rings. The Kier molecular flexibility index (Phi) is 3.56. The Bertz CT molecular complexity index is 733. The van der Waals surface area contributed by atoms with Crippen molar-refractivity contribution in [3.63, 3.8) is 0 Å². The molecule has 1 aromatic carbocycles. The average Bonchev–Trinajstić information content (AvgIpc) is 2.77. The maximum Gasteiger partial charge on any atom is 0.327 e. The third-order valence-corrected chi connectivity index (χ3v) is 6.31. The van der Waals surface area contributed by atoms with E-state index in [0.717, 1.165) is 0 Å². The van der Waals surface area contributed by atoms with Crippen molar-refractivity contribution in [2.45, 2.75) is 42.5 Å². The fourth-order valence-corrected chi connectivity index (χ4v) is 4.93. The summed E-state index contributed by atoms with van der Waals surface area (Å²) in [6.07, 6.45) is 0. The van der Waals surface area contributed by atoms with Gasteiger partial charge in [-0.05, 0) is 45.0 Å². The van der Waals surface area contributed by atoms with Crippen LogP contribution in [0.4, 0.5) is 5.69 Å². The number of anilines is 1. The highest BCUT2D eigenvalue weighted by molar-refractivity contribution is 8.01. The van der Waals surface area contributed by atoms with E-state index in [1.54, 1.807) is 45.0 Å². The molecule has 2 saturated heterocycles. The van der Waals surface area contributed by atoms with Crippen molar-refractivity contribution in [2.75, 3.05) is 5.73 Å². The average molecular weight is 349 g/mol. The lowest BCUT2D eigenvalue weighted by Crippen LogP contribution is -2.78. The van der Waals surface area contributed by atoms with Gasteiger partial charge in [0.25, 0.3) is 11.8 Å². The lowest BCUT2D eigenvalue weighted by molar-refractivity contribution is -0.165. The number of aliphatic carboxylic acids is 1. The van der Waals surface area contributed by atoms with Gasteiger partial charge < -0.3 is 21.1 Å². The molecule has 0 aliphatic carbocycles. The molecule has 24 heavy (non-hydrogen) atoms. The van der Waals surface area contributed by atoms with E-state index >= 15 is 0 Å². The number of amides is 2. The molecule has 2 amide bonds. The molecule has 128 valence electrons. The van der Waals surface area contributed by atoms with E-state index in [2.05, 4.69) is 5.32 Å². The maximum atomic E-state index is 12.6. The van der Waals surface area contributed by atoms with E-state index in [1.807, 2.05) is 0 Å². The fourth-order valence-electron chi connectivity index (χ4n) is 3.28. The summed E-state index contributed by atoms with van der Waals surface area (Å²) in [5.74, 6) is -1.79. The van der Waals surface area contributed by atoms with Crippen molar-refractivity contribution < 1.29 is 19.5 Å². The Hall–Kier alpha value is -2.22. The number of hydrogen-bond acceptors (Lipinski definition) is 5. The molecule has 0 aromatic heterocycles. The summed E-state index contributed by atoms with van der Waals surface area (Å²) in [6, 6.07) is 5.49. The molecule has 4 N–H and O–H groups in total. The van der Waals surface area contributed by atoms with Crippen molar-refractivity contribution >= 4 is 35.2 Å². The van der Waals surface area contributed by atoms with Crippen LogP contribution in [0.15, 0.2) is 24.3 Å². The van der Waals surface area contributed by atoms with Crippen LogP contribution in [0.5, 0.6) is 0 Å². The molecule has 2 aliphatic heterocycles. The Balaban J connectivity index is 1.83. The molecule has 1 aromatic rings. The van der Waals surface area contributed by atoms with Crippen molar-refractivity contribution in [1.29, 1.82) is 0 Å². The zero-order valence-corrected chi connectivity index (χ0v) is 14.4. The molecule has 7 nitrogen and oxygen atoms in total. The van der Waals surface area contributed by atoms with Gasteiger partial charge in [0.15, 0.2) is 0 Å². The minimum atomic E-state index is -1.12. The molecule has 2 heterocycles. The Morgan fingerprint density at radius 3 is 2.38 bits per heavy atom. The third-order valence-electron chi connectivity index (χ3n) is 4.56. The number of thioether (sulfide) groups is 1. The van der Waals surface area contributed by atoms with Gasteiger partial charge in [-0.3, -0.25) is 9.59 Å². The number of benzene rings is 1. The predicted molar refractivity (Wildman–Crippen MR) is 90.5 cm³/mol. The van der Waals surface area contributed by atoms with E-state index in [-0.39, 0.29) is 11.8 Å². The molecular formula is C16H19N3O4S. The summed E-state index contributed by atoms with van der Waals surface area (Å²) in [5, 5.41) is 11.8. The summed E-state index contributed by atoms with van der Waals surface area (Å²) >= 11 is 1.39. The van der Waals surface area contributed by atoms with Crippen LogP contribution in [0.3, 0.4) is 0 Å². The second-order valence-corrected chi connectivity index (χ2v) is 8.54. The van der Waals surface area contributed by atoms with Crippen LogP contribution in [-0.2, 0) is 9.59 Å². The molecular weight excluding hydrogens is 330 g/mol. The molecule has 8 heteroatoms. The normalized spacial score (nSPS) is 30.5. The van der Waals surface area contributed by atoms with Crippen molar-refractivity contribution in [1.82, 2.24) is 10.2 Å². The SMILES string of the molecule is CC1(C)S[C@H]2N(C(=O)C2(C)NC(=O)c2ccc(N)cc2)[C@H]1C(=O)O. The van der Waals surface area contributed by atoms with Crippen LogP contribution in [-0.4, -0.2) is 49.5 Å². The van der Waals surface area contributed by atoms with Crippen molar-refractivity contribution in [2.24, 2.45) is 0 Å². The van der Waals surface area contributed by atoms with Crippen LogP contribution in [0.25, 0.3) is 0 Å². The molecule has 1 unspecified atom stereocenters. The number of carbonyl (C=O) groups is 3. The minimum absolute atomic E-state index is 0.373. The summed E-state index contributed by atoms with van der Waals surface area (Å²) < 4.78 is -0.629. The van der Waals surface area contributed by atoms with Gasteiger partial charge in [-0.25, -0.2) is 4.79 Å². The first-order chi connectivity index (χ1) is 11.1. The Morgan fingerprint density at radius 2 is 1.83 bits per heavy atom. The second-order valence-electron chi connectivity index (χ2n) is 6.81. The van der Waals surface area contributed by atoms with E-state index in [9.17, 15) is 19.5 Å². The summed E-state index contributed by atoms with van der Waals surface area (Å²) in [4.78, 5) is 37.9. The number of carboxylic acid groups (broad SMARTS) is 1. The number of fused-ring (bicyclic) bond motifs is 1. The number of carbonyl (C=O) groups excluding carboxylic acids is 2. The van der Waals surface area contributed by atoms with E-state index < -0.39 is 27.7 Å². The van der Waals surface area contributed by atoms with Crippen molar-refractivity contribution in [3.8, 4) is 0 Å². The quantitative estimate of drug-likeness (QED) is 0.552. The lowest BCUT2D eigenvalue weighted by Gasteiger charge is -2.51. The smallest absolute Gasteiger partial charge is 0.327 e. The van der Waals surface area contributed by atoms with Gasteiger partial charge in [0.1, 0.15) is 17.0 Å². The van der Waals surface area contributed by atoms with Gasteiger partial charge >= 0.3 is 5.97 Å². The molecule has 0 saturated carbocycles. The zero-order chi connectivity index (χ0) is 17.9. The highest BCUT2D eigenvalue weighted by Crippen LogP contribution is 2.54. The number of β-lactam (4-membered cyclic amide) rings is 1. The largest absolute Gasteiger partial charge is 0.480 e. The molecule has 3 atom stereocenters. The first-order valence-corrected chi connectivity index (χ1v) is 8.37. The summed E-state index contributed by atoms with van der Waals surface area (Å²) in [6.45, 7) is 5.23. The van der Waals surface area contributed by atoms with E-state index in [0.29, 0.717) is 11.3 Å². The van der Waals surface area contributed by atoms with E-state index in [4.69, 9.17) is 5.73 Å². The number of nitrogens with two attached hydrogens (primary N) is 1. The number of nitrogens with zero attached hydrogens (tertiary/aromatic N) is 1. The van der Waals surface area contributed by atoms with Gasteiger partial charge in [0.2, 0.25) is 0 Å². The second kappa shape index (κ2) is 5.14. The van der Waals surface area contributed by atoms with Gasteiger partial charge in [0.05, 0.1) is 0 Å². The van der Waals surface area contributed by atoms with Crippen molar-refractivity contribution in [3.05, 3.63) is 29.8 Å². The Morgan fingerprint density at radius 1 is 1.25 bits per heavy atom. The fraction of sp³-hybridized carbons (Fsp3) is 0.438. The molecule has 0 radical (unpaired) electrons. The maximum absolute atomic E-state index is 12.6. The van der Waals surface area contributed by atoms with Crippen LogP contribution in [0, 0.1) is 0 Å². The van der Waals surface area contributed by atoms with Gasteiger partial charge in [-0.15, -0.1) is 11.8 Å². The number of nitrogen functional groups attached to an aromatic ring is 1.